The minimum atomic E-state index is -3.41. The van der Waals surface area contributed by atoms with Gasteiger partial charge in [0.1, 0.15) is 10.7 Å². The summed E-state index contributed by atoms with van der Waals surface area (Å²) >= 11 is 0. The topological polar surface area (TPSA) is 62.8 Å². The summed E-state index contributed by atoms with van der Waals surface area (Å²) < 4.78 is 37.2. The molecular formula is C11H11FN2O2S. The van der Waals surface area contributed by atoms with Crippen molar-refractivity contribution >= 4 is 9.84 Å². The Morgan fingerprint density at radius 2 is 2.06 bits per heavy atom. The Kier molecular flexibility index (Phi) is 2.97. The molecule has 0 amide bonds. The number of hydrogen-bond acceptors (Lipinski definition) is 3. The quantitative estimate of drug-likeness (QED) is 0.911. The number of benzene rings is 1. The van der Waals surface area contributed by atoms with Crippen LogP contribution in [0.4, 0.5) is 4.39 Å². The van der Waals surface area contributed by atoms with Crippen molar-refractivity contribution in [3.63, 3.8) is 0 Å². The van der Waals surface area contributed by atoms with E-state index < -0.39 is 15.7 Å². The van der Waals surface area contributed by atoms with Crippen LogP contribution in [0.2, 0.25) is 0 Å². The maximum Gasteiger partial charge on any atom is 0.181 e. The largest absolute Gasteiger partial charge is 0.276 e. The number of nitrogens with one attached hydrogen (secondary N) is 1. The Labute approximate surface area is 98.4 Å². The molecule has 1 aromatic carbocycles. The minimum Gasteiger partial charge on any atom is -0.276 e. The Morgan fingerprint density at radius 3 is 2.71 bits per heavy atom. The third-order valence-corrected chi connectivity index (χ3v) is 4.20. The summed E-state index contributed by atoms with van der Waals surface area (Å²) in [6.45, 7) is 1.54. The maximum atomic E-state index is 13.6. The molecule has 0 aliphatic rings. The first-order valence-electron chi connectivity index (χ1n) is 5.07. The molecule has 0 saturated carbocycles. The van der Waals surface area contributed by atoms with E-state index >= 15 is 0 Å². The number of H-pyrrole nitrogens is 1. The highest BCUT2D eigenvalue weighted by molar-refractivity contribution is 7.91. The molecular weight excluding hydrogens is 243 g/mol. The van der Waals surface area contributed by atoms with Crippen LogP contribution in [-0.2, 0) is 9.84 Å². The highest BCUT2D eigenvalue weighted by atomic mass is 32.2. The van der Waals surface area contributed by atoms with Crippen LogP contribution in [0.3, 0.4) is 0 Å². The standard InChI is InChI=1S/C11H11FN2O2S/c1-2-17(15,16)10-7-13-14-11(10)8-5-3-4-6-9(8)12/h3-7H,2H2,1H3,(H,13,14). The Morgan fingerprint density at radius 1 is 1.35 bits per heavy atom. The van der Waals surface area contributed by atoms with E-state index in [4.69, 9.17) is 0 Å². The first kappa shape index (κ1) is 11.8. The molecule has 0 aliphatic heterocycles. The molecule has 2 aromatic rings. The third-order valence-electron chi connectivity index (χ3n) is 2.46. The lowest BCUT2D eigenvalue weighted by Gasteiger charge is -2.04. The van der Waals surface area contributed by atoms with Gasteiger partial charge in [-0.2, -0.15) is 5.10 Å². The number of hydrogen-bond donors (Lipinski definition) is 1. The van der Waals surface area contributed by atoms with Crippen LogP contribution in [0, 0.1) is 5.82 Å². The van der Waals surface area contributed by atoms with Gasteiger partial charge in [0.15, 0.2) is 9.84 Å². The van der Waals surface area contributed by atoms with Crippen LogP contribution in [0.5, 0.6) is 0 Å². The van der Waals surface area contributed by atoms with Gasteiger partial charge < -0.3 is 0 Å². The molecule has 0 saturated heterocycles. The molecule has 1 heterocycles. The molecule has 6 heteroatoms. The fourth-order valence-corrected chi connectivity index (χ4v) is 2.51. The van der Waals surface area contributed by atoms with Crippen LogP contribution < -0.4 is 0 Å². The van der Waals surface area contributed by atoms with E-state index in [-0.39, 0.29) is 21.9 Å². The maximum absolute atomic E-state index is 13.6. The minimum absolute atomic E-state index is 0.0325. The third kappa shape index (κ3) is 2.08. The van der Waals surface area contributed by atoms with E-state index in [1.165, 1.54) is 25.3 Å². The highest BCUT2D eigenvalue weighted by Crippen LogP contribution is 2.27. The molecule has 1 N–H and O–H groups in total. The molecule has 0 bridgehead atoms. The van der Waals surface area contributed by atoms with Gasteiger partial charge in [0.25, 0.3) is 0 Å². The fraction of sp³-hybridized carbons (Fsp3) is 0.182. The van der Waals surface area contributed by atoms with Crippen LogP contribution in [0.15, 0.2) is 35.4 Å². The molecule has 1 aromatic heterocycles. The summed E-state index contributed by atoms with van der Waals surface area (Å²) in [7, 11) is -3.41. The van der Waals surface area contributed by atoms with Crippen molar-refractivity contribution in [2.75, 3.05) is 5.75 Å². The van der Waals surface area contributed by atoms with Gasteiger partial charge in [-0.15, -0.1) is 0 Å². The lowest BCUT2D eigenvalue weighted by Crippen LogP contribution is -2.04. The van der Waals surface area contributed by atoms with Crippen molar-refractivity contribution in [3.05, 3.63) is 36.3 Å². The average Bonchev–Trinajstić information content (AvgIpc) is 2.79. The molecule has 0 unspecified atom stereocenters. The molecule has 0 fully saturated rings. The van der Waals surface area contributed by atoms with Gasteiger partial charge >= 0.3 is 0 Å². The number of halogens is 1. The SMILES string of the molecule is CCS(=O)(=O)c1cn[nH]c1-c1ccccc1F. The molecule has 0 aliphatic carbocycles. The van der Waals surface area contributed by atoms with Gasteiger partial charge in [-0.25, -0.2) is 12.8 Å². The van der Waals surface area contributed by atoms with Crippen LogP contribution in [0.25, 0.3) is 11.3 Å². The first-order chi connectivity index (χ1) is 8.06. The van der Waals surface area contributed by atoms with Crippen molar-refractivity contribution in [3.8, 4) is 11.3 Å². The van der Waals surface area contributed by atoms with E-state index in [9.17, 15) is 12.8 Å². The average molecular weight is 254 g/mol. The Balaban J connectivity index is 2.64. The van der Waals surface area contributed by atoms with Gasteiger partial charge in [0, 0.05) is 5.56 Å². The summed E-state index contributed by atoms with van der Waals surface area (Å²) in [5, 5.41) is 6.22. The zero-order valence-corrected chi connectivity index (χ0v) is 9.96. The first-order valence-corrected chi connectivity index (χ1v) is 6.72. The predicted octanol–water partition coefficient (Wildman–Crippen LogP) is 2.01. The lowest BCUT2D eigenvalue weighted by atomic mass is 10.1. The van der Waals surface area contributed by atoms with E-state index in [1.54, 1.807) is 12.1 Å². The summed E-state index contributed by atoms with van der Waals surface area (Å²) in [5.74, 6) is -0.530. The Hall–Kier alpha value is -1.69. The van der Waals surface area contributed by atoms with Crippen molar-refractivity contribution in [1.29, 1.82) is 0 Å². The highest BCUT2D eigenvalue weighted by Gasteiger charge is 2.21. The van der Waals surface area contributed by atoms with Crippen molar-refractivity contribution in [2.24, 2.45) is 0 Å². The second-order valence-electron chi connectivity index (χ2n) is 3.49. The number of rotatable bonds is 3. The van der Waals surface area contributed by atoms with Crippen LogP contribution >= 0.6 is 0 Å². The van der Waals surface area contributed by atoms with Gasteiger partial charge in [-0.1, -0.05) is 19.1 Å². The number of aromatic amines is 1. The van der Waals surface area contributed by atoms with E-state index in [2.05, 4.69) is 10.2 Å². The van der Waals surface area contributed by atoms with Gasteiger partial charge in [0.05, 0.1) is 17.6 Å². The van der Waals surface area contributed by atoms with Crippen LogP contribution in [0.1, 0.15) is 6.92 Å². The van der Waals surface area contributed by atoms with Gasteiger partial charge in [-0.05, 0) is 12.1 Å². The smallest absolute Gasteiger partial charge is 0.181 e. The fourth-order valence-electron chi connectivity index (χ4n) is 1.52. The normalized spacial score (nSPS) is 11.6. The summed E-state index contributed by atoms with van der Waals surface area (Å²) in [6.07, 6.45) is 1.21. The van der Waals surface area contributed by atoms with E-state index in [0.29, 0.717) is 0 Å². The number of nitrogens with zero attached hydrogens (tertiary/aromatic N) is 1. The molecule has 0 atom stereocenters. The molecule has 4 nitrogen and oxygen atoms in total. The molecule has 90 valence electrons. The molecule has 0 radical (unpaired) electrons. The predicted molar refractivity (Wildman–Crippen MR) is 61.7 cm³/mol. The number of sulfone groups is 1. The Bertz CT molecular complexity index is 634. The monoisotopic (exact) mass is 254 g/mol. The molecule has 0 spiro atoms. The second kappa shape index (κ2) is 4.29. The summed E-state index contributed by atoms with van der Waals surface area (Å²) in [6, 6.07) is 5.97. The zero-order valence-electron chi connectivity index (χ0n) is 9.14. The lowest BCUT2D eigenvalue weighted by molar-refractivity contribution is 0.597. The van der Waals surface area contributed by atoms with E-state index in [0.717, 1.165) is 0 Å². The summed E-state index contributed by atoms with van der Waals surface area (Å²) in [4.78, 5) is 0.0325. The van der Waals surface area contributed by atoms with Crippen molar-refractivity contribution < 1.29 is 12.8 Å². The molecule has 2 rings (SSSR count). The second-order valence-corrected chi connectivity index (χ2v) is 5.74. The number of aromatic nitrogens is 2. The van der Waals surface area contributed by atoms with E-state index in [1.807, 2.05) is 0 Å². The summed E-state index contributed by atoms with van der Waals surface area (Å²) in [5.41, 5.74) is 0.405. The van der Waals surface area contributed by atoms with Crippen molar-refractivity contribution in [2.45, 2.75) is 11.8 Å². The molecule has 17 heavy (non-hydrogen) atoms. The van der Waals surface area contributed by atoms with Crippen LogP contribution in [-0.4, -0.2) is 24.4 Å². The zero-order chi connectivity index (χ0) is 12.5. The van der Waals surface area contributed by atoms with Gasteiger partial charge in [-0.3, -0.25) is 5.10 Å². The van der Waals surface area contributed by atoms with Gasteiger partial charge in [0.2, 0.25) is 0 Å². The van der Waals surface area contributed by atoms with Crippen molar-refractivity contribution in [1.82, 2.24) is 10.2 Å².